The van der Waals surface area contributed by atoms with Crippen LogP contribution in [0.1, 0.15) is 13.3 Å². The lowest BCUT2D eigenvalue weighted by molar-refractivity contribution is -0.274. The topological polar surface area (TPSA) is 56.8 Å². The van der Waals surface area contributed by atoms with Crippen LogP contribution in [0.25, 0.3) is 0 Å². The molecule has 0 saturated carbocycles. The average Bonchev–Trinajstić information content (AvgIpc) is 2.50. The molecule has 1 aliphatic rings. The Morgan fingerprint density at radius 1 is 1.17 bits per heavy atom. The number of nitrogens with one attached hydrogen (secondary N) is 2. The predicted octanol–water partition coefficient (Wildman–Crippen LogP) is 2.65. The summed E-state index contributed by atoms with van der Waals surface area (Å²) in [5.41, 5.74) is 3.11. The normalized spacial score (nSPS) is 16.7. The number of hydrogen-bond donors (Lipinski definition) is 2. The second kappa shape index (κ2) is 8.20. The molecule has 1 heterocycles. The predicted molar refractivity (Wildman–Crippen MR) is 83.6 cm³/mol. The van der Waals surface area contributed by atoms with Crippen molar-refractivity contribution in [3.05, 3.63) is 24.3 Å². The van der Waals surface area contributed by atoms with Gasteiger partial charge in [-0.15, -0.1) is 13.2 Å². The van der Waals surface area contributed by atoms with Crippen molar-refractivity contribution in [3.63, 3.8) is 0 Å². The third-order valence-electron chi connectivity index (χ3n) is 3.52. The molecule has 0 atom stereocenters. The fourth-order valence-electron chi connectivity index (χ4n) is 2.44. The Balaban J connectivity index is 1.76. The van der Waals surface area contributed by atoms with E-state index in [1.54, 1.807) is 0 Å². The molecule has 24 heavy (non-hydrogen) atoms. The Hall–Kier alpha value is -2.00. The van der Waals surface area contributed by atoms with E-state index in [2.05, 4.69) is 27.3 Å². The number of urea groups is 1. The standard InChI is InChI=1S/C15H21F3N4O2/c1-2-7-21-8-10-22(11-9-21)20-14(23)19-12-3-5-13(6-4-12)24-15(16,17)18/h3-6H,2,7-11H2,1H3,(H2,19,20,23). The van der Waals surface area contributed by atoms with Gasteiger partial charge in [0.25, 0.3) is 0 Å². The lowest BCUT2D eigenvalue weighted by atomic mass is 10.3. The largest absolute Gasteiger partial charge is 0.573 e. The van der Waals surface area contributed by atoms with E-state index in [1.165, 1.54) is 12.1 Å². The van der Waals surface area contributed by atoms with E-state index in [1.807, 2.05) is 5.01 Å². The molecule has 0 bridgehead atoms. The van der Waals surface area contributed by atoms with Crippen LogP contribution in [0.4, 0.5) is 23.7 Å². The van der Waals surface area contributed by atoms with Crippen LogP contribution in [-0.2, 0) is 0 Å². The first-order valence-electron chi connectivity index (χ1n) is 7.76. The van der Waals surface area contributed by atoms with E-state index in [4.69, 9.17) is 0 Å². The minimum atomic E-state index is -4.73. The van der Waals surface area contributed by atoms with Gasteiger partial charge in [0.05, 0.1) is 0 Å². The van der Waals surface area contributed by atoms with Gasteiger partial charge in [0.1, 0.15) is 5.75 Å². The third-order valence-corrected chi connectivity index (χ3v) is 3.52. The number of alkyl halides is 3. The van der Waals surface area contributed by atoms with Crippen molar-refractivity contribution in [1.82, 2.24) is 15.3 Å². The first-order valence-corrected chi connectivity index (χ1v) is 7.76. The van der Waals surface area contributed by atoms with E-state index in [0.717, 1.165) is 51.3 Å². The molecule has 134 valence electrons. The zero-order chi connectivity index (χ0) is 17.6. The molecule has 2 amide bonds. The van der Waals surface area contributed by atoms with Gasteiger partial charge in [0.2, 0.25) is 0 Å². The average molecular weight is 346 g/mol. The van der Waals surface area contributed by atoms with Crippen LogP contribution in [0, 0.1) is 0 Å². The molecule has 1 aromatic rings. The molecule has 0 aromatic heterocycles. The molecule has 0 aliphatic carbocycles. The maximum absolute atomic E-state index is 12.1. The highest BCUT2D eigenvalue weighted by Crippen LogP contribution is 2.23. The van der Waals surface area contributed by atoms with Crippen LogP contribution in [0.3, 0.4) is 0 Å². The molecule has 2 N–H and O–H groups in total. The maximum Gasteiger partial charge on any atom is 0.573 e. The van der Waals surface area contributed by atoms with Gasteiger partial charge in [0, 0.05) is 31.9 Å². The number of hydrogen-bond acceptors (Lipinski definition) is 4. The number of halogens is 3. The van der Waals surface area contributed by atoms with Gasteiger partial charge in [-0.2, -0.15) is 0 Å². The third kappa shape index (κ3) is 6.25. The summed E-state index contributed by atoms with van der Waals surface area (Å²) in [6.07, 6.45) is -3.63. The molecular formula is C15H21F3N4O2. The Morgan fingerprint density at radius 3 is 2.33 bits per heavy atom. The van der Waals surface area contributed by atoms with Crippen molar-refractivity contribution in [2.75, 3.05) is 38.0 Å². The molecular weight excluding hydrogens is 325 g/mol. The van der Waals surface area contributed by atoms with Gasteiger partial charge in [0.15, 0.2) is 0 Å². The number of anilines is 1. The number of carbonyl (C=O) groups excluding carboxylic acids is 1. The molecule has 1 saturated heterocycles. The van der Waals surface area contributed by atoms with E-state index in [0.29, 0.717) is 5.69 Å². The first kappa shape index (κ1) is 18.3. The maximum atomic E-state index is 12.1. The number of hydrazine groups is 1. The van der Waals surface area contributed by atoms with Crippen molar-refractivity contribution in [1.29, 1.82) is 0 Å². The number of carbonyl (C=O) groups is 1. The first-order chi connectivity index (χ1) is 11.4. The number of nitrogens with zero attached hydrogens (tertiary/aromatic N) is 2. The van der Waals surface area contributed by atoms with Gasteiger partial charge in [-0.05, 0) is 37.2 Å². The van der Waals surface area contributed by atoms with Crippen molar-refractivity contribution in [2.24, 2.45) is 0 Å². The summed E-state index contributed by atoms with van der Waals surface area (Å²) >= 11 is 0. The zero-order valence-corrected chi connectivity index (χ0v) is 13.4. The number of piperazine rings is 1. The van der Waals surface area contributed by atoms with Crippen LogP contribution in [-0.4, -0.2) is 55.0 Å². The summed E-state index contributed by atoms with van der Waals surface area (Å²) in [5, 5.41) is 4.40. The summed E-state index contributed by atoms with van der Waals surface area (Å²) in [4.78, 5) is 14.2. The number of ether oxygens (including phenoxy) is 1. The molecule has 0 spiro atoms. The minimum Gasteiger partial charge on any atom is -0.406 e. The number of amides is 2. The highest BCUT2D eigenvalue weighted by Gasteiger charge is 2.31. The Labute approximate surface area is 138 Å². The summed E-state index contributed by atoms with van der Waals surface area (Å²) in [7, 11) is 0. The van der Waals surface area contributed by atoms with Crippen molar-refractivity contribution >= 4 is 11.7 Å². The highest BCUT2D eigenvalue weighted by molar-refractivity contribution is 5.88. The Bertz CT molecular complexity index is 529. The molecule has 9 heteroatoms. The number of benzene rings is 1. The van der Waals surface area contributed by atoms with Crippen molar-refractivity contribution in [3.8, 4) is 5.75 Å². The smallest absolute Gasteiger partial charge is 0.406 e. The van der Waals surface area contributed by atoms with Gasteiger partial charge in [-0.3, -0.25) is 5.43 Å². The van der Waals surface area contributed by atoms with Crippen molar-refractivity contribution < 1.29 is 22.7 Å². The highest BCUT2D eigenvalue weighted by atomic mass is 19.4. The zero-order valence-electron chi connectivity index (χ0n) is 13.4. The van der Waals surface area contributed by atoms with Crippen LogP contribution >= 0.6 is 0 Å². The quantitative estimate of drug-likeness (QED) is 0.861. The summed E-state index contributed by atoms with van der Waals surface area (Å²) in [5.74, 6) is -0.333. The lowest BCUT2D eigenvalue weighted by Gasteiger charge is -2.34. The van der Waals surface area contributed by atoms with Crippen LogP contribution in [0.2, 0.25) is 0 Å². The summed E-state index contributed by atoms with van der Waals surface area (Å²) in [6.45, 7) is 6.40. The van der Waals surface area contributed by atoms with Gasteiger partial charge in [-0.1, -0.05) is 6.92 Å². The second-order valence-electron chi connectivity index (χ2n) is 5.47. The molecule has 0 radical (unpaired) electrons. The Kier molecular flexibility index (Phi) is 6.27. The molecule has 1 aliphatic heterocycles. The SMILES string of the molecule is CCCN1CCN(NC(=O)Nc2ccc(OC(F)(F)F)cc2)CC1. The van der Waals surface area contributed by atoms with Crippen LogP contribution in [0.5, 0.6) is 5.75 Å². The molecule has 0 unspecified atom stereocenters. The molecule has 1 fully saturated rings. The van der Waals surface area contributed by atoms with Gasteiger partial charge >= 0.3 is 12.4 Å². The summed E-state index contributed by atoms with van der Waals surface area (Å²) in [6, 6.07) is 4.56. The van der Waals surface area contributed by atoms with Crippen LogP contribution in [0.15, 0.2) is 24.3 Å². The Morgan fingerprint density at radius 2 is 1.79 bits per heavy atom. The van der Waals surface area contributed by atoms with Gasteiger partial charge in [-0.25, -0.2) is 9.80 Å². The molecule has 6 nitrogen and oxygen atoms in total. The van der Waals surface area contributed by atoms with E-state index in [-0.39, 0.29) is 5.75 Å². The fourth-order valence-corrected chi connectivity index (χ4v) is 2.44. The van der Waals surface area contributed by atoms with Crippen molar-refractivity contribution in [2.45, 2.75) is 19.7 Å². The lowest BCUT2D eigenvalue weighted by Crippen LogP contribution is -2.54. The minimum absolute atomic E-state index is 0.333. The summed E-state index contributed by atoms with van der Waals surface area (Å²) < 4.78 is 40.0. The molecule has 1 aromatic carbocycles. The van der Waals surface area contributed by atoms with E-state index in [9.17, 15) is 18.0 Å². The second-order valence-corrected chi connectivity index (χ2v) is 5.47. The van der Waals surface area contributed by atoms with E-state index >= 15 is 0 Å². The van der Waals surface area contributed by atoms with Crippen LogP contribution < -0.4 is 15.5 Å². The fraction of sp³-hybridized carbons (Fsp3) is 0.533. The van der Waals surface area contributed by atoms with E-state index < -0.39 is 12.4 Å². The molecule has 2 rings (SSSR count). The number of rotatable bonds is 5. The van der Waals surface area contributed by atoms with Gasteiger partial charge < -0.3 is 15.0 Å². The monoisotopic (exact) mass is 346 g/mol.